The Bertz CT molecular complexity index is 1340. The van der Waals surface area contributed by atoms with E-state index in [1.807, 2.05) is 76.2 Å². The largest absolute Gasteiger partial charge is 0.497 e. The third-order valence-electron chi connectivity index (χ3n) is 6.11. The minimum absolute atomic E-state index is 0.0581. The van der Waals surface area contributed by atoms with Crippen molar-refractivity contribution in [2.45, 2.75) is 24.5 Å². The van der Waals surface area contributed by atoms with Gasteiger partial charge in [-0.2, -0.15) is 0 Å². The average molecular weight is 487 g/mol. The monoisotopic (exact) mass is 486 g/mol. The number of ether oxygens (including phenoxy) is 2. The highest BCUT2D eigenvalue weighted by molar-refractivity contribution is 7.99. The summed E-state index contributed by atoms with van der Waals surface area (Å²) in [6.45, 7) is 2.09. The lowest BCUT2D eigenvalue weighted by Gasteiger charge is -2.22. The molecule has 0 spiro atoms. The molecule has 4 aromatic rings. The first-order valence-corrected chi connectivity index (χ1v) is 12.3. The maximum Gasteiger partial charge on any atom is 0.237 e. The van der Waals surface area contributed by atoms with Crippen LogP contribution in [0, 0.1) is 0 Å². The zero-order valence-electron chi connectivity index (χ0n) is 19.8. The molecule has 0 aliphatic carbocycles. The molecular weight excluding hydrogens is 460 g/mol. The van der Waals surface area contributed by atoms with Crippen molar-refractivity contribution < 1.29 is 14.3 Å². The van der Waals surface area contributed by atoms with E-state index in [1.54, 1.807) is 14.2 Å². The summed E-state index contributed by atoms with van der Waals surface area (Å²) in [5.41, 5.74) is 3.99. The molecule has 2 heterocycles. The van der Waals surface area contributed by atoms with Crippen LogP contribution >= 0.6 is 11.8 Å². The van der Waals surface area contributed by atoms with E-state index in [0.717, 1.165) is 34.9 Å². The standard InChI is InChI=1S/C27H26N4O3S/c1-18-16-20-6-4-5-7-24(20)30(18)25(32)17-35-27-29-28-26(19-8-12-22(33-2)13-9-19)31(27)21-10-14-23(34-3)15-11-21/h4-15,18H,16-17H2,1-3H3/t18-/m1/s1. The first-order valence-electron chi connectivity index (χ1n) is 11.4. The molecule has 0 unspecified atom stereocenters. The molecule has 0 N–H and O–H groups in total. The van der Waals surface area contributed by atoms with Gasteiger partial charge in [0, 0.05) is 23.0 Å². The molecule has 35 heavy (non-hydrogen) atoms. The van der Waals surface area contributed by atoms with Crippen LogP contribution in [0.4, 0.5) is 5.69 Å². The van der Waals surface area contributed by atoms with Gasteiger partial charge >= 0.3 is 0 Å². The molecule has 7 nitrogen and oxygen atoms in total. The third kappa shape index (κ3) is 4.49. The molecule has 1 amide bonds. The van der Waals surface area contributed by atoms with E-state index in [1.165, 1.54) is 17.3 Å². The molecular formula is C27H26N4O3S. The molecule has 5 rings (SSSR count). The lowest BCUT2D eigenvalue weighted by Crippen LogP contribution is -2.37. The van der Waals surface area contributed by atoms with Crippen LogP contribution in [0.3, 0.4) is 0 Å². The van der Waals surface area contributed by atoms with Crippen molar-refractivity contribution in [3.63, 3.8) is 0 Å². The van der Waals surface area contributed by atoms with Gasteiger partial charge in [-0.05, 0) is 73.5 Å². The number of carbonyl (C=O) groups excluding carboxylic acids is 1. The summed E-state index contributed by atoms with van der Waals surface area (Å²) in [5, 5.41) is 9.59. The first kappa shape index (κ1) is 23.0. The Morgan fingerprint density at radius 1 is 0.943 bits per heavy atom. The Labute approximate surface area is 208 Å². The molecule has 1 aromatic heterocycles. The molecule has 0 saturated carbocycles. The van der Waals surface area contributed by atoms with Gasteiger partial charge in [-0.15, -0.1) is 10.2 Å². The summed E-state index contributed by atoms with van der Waals surface area (Å²) in [6.07, 6.45) is 0.871. The van der Waals surface area contributed by atoms with Crippen LogP contribution in [0.15, 0.2) is 78.0 Å². The lowest BCUT2D eigenvalue weighted by atomic mass is 10.1. The normalized spacial score (nSPS) is 14.6. The number of nitrogens with zero attached hydrogens (tertiary/aromatic N) is 4. The number of anilines is 1. The fraction of sp³-hybridized carbons (Fsp3) is 0.222. The number of rotatable bonds is 7. The molecule has 0 bridgehead atoms. The van der Waals surface area contributed by atoms with E-state index in [0.29, 0.717) is 11.0 Å². The number of methoxy groups -OCH3 is 2. The van der Waals surface area contributed by atoms with Gasteiger partial charge < -0.3 is 14.4 Å². The highest BCUT2D eigenvalue weighted by Gasteiger charge is 2.30. The van der Waals surface area contributed by atoms with Gasteiger partial charge in [0.1, 0.15) is 11.5 Å². The van der Waals surface area contributed by atoms with Gasteiger partial charge in [-0.1, -0.05) is 30.0 Å². The highest BCUT2D eigenvalue weighted by atomic mass is 32.2. The first-order chi connectivity index (χ1) is 17.1. The van der Waals surface area contributed by atoms with E-state index >= 15 is 0 Å². The van der Waals surface area contributed by atoms with Gasteiger partial charge in [-0.25, -0.2) is 0 Å². The zero-order valence-corrected chi connectivity index (χ0v) is 20.7. The smallest absolute Gasteiger partial charge is 0.237 e. The Balaban J connectivity index is 1.45. The van der Waals surface area contributed by atoms with Crippen LogP contribution in [0.2, 0.25) is 0 Å². The second-order valence-corrected chi connectivity index (χ2v) is 9.24. The van der Waals surface area contributed by atoms with Crippen LogP contribution in [0.1, 0.15) is 12.5 Å². The predicted molar refractivity (Wildman–Crippen MR) is 138 cm³/mol. The number of fused-ring (bicyclic) bond motifs is 1. The van der Waals surface area contributed by atoms with E-state index < -0.39 is 0 Å². The minimum Gasteiger partial charge on any atom is -0.497 e. The number of hydrogen-bond donors (Lipinski definition) is 0. The number of amides is 1. The Hall–Kier alpha value is -3.78. The summed E-state index contributed by atoms with van der Waals surface area (Å²) in [7, 11) is 3.28. The van der Waals surface area contributed by atoms with Gasteiger partial charge in [0.25, 0.3) is 0 Å². The van der Waals surface area contributed by atoms with E-state index in [-0.39, 0.29) is 17.7 Å². The van der Waals surface area contributed by atoms with E-state index in [4.69, 9.17) is 9.47 Å². The molecule has 178 valence electrons. The molecule has 0 saturated heterocycles. The number of hydrogen-bond acceptors (Lipinski definition) is 6. The summed E-state index contributed by atoms with van der Waals surface area (Å²) in [6, 6.07) is 23.6. The van der Waals surface area contributed by atoms with E-state index in [9.17, 15) is 4.79 Å². The minimum atomic E-state index is 0.0581. The topological polar surface area (TPSA) is 69.5 Å². The fourth-order valence-electron chi connectivity index (χ4n) is 4.40. The number of benzene rings is 3. The summed E-state index contributed by atoms with van der Waals surface area (Å²) >= 11 is 1.39. The van der Waals surface area contributed by atoms with Crippen LogP contribution < -0.4 is 14.4 Å². The Kier molecular flexibility index (Phi) is 6.46. The number of carbonyl (C=O) groups is 1. The van der Waals surface area contributed by atoms with Crippen LogP contribution in [-0.2, 0) is 11.2 Å². The highest BCUT2D eigenvalue weighted by Crippen LogP contribution is 2.34. The zero-order chi connectivity index (χ0) is 24.4. The van der Waals surface area contributed by atoms with Crippen LogP contribution in [0.25, 0.3) is 17.1 Å². The molecule has 8 heteroatoms. The summed E-state index contributed by atoms with van der Waals surface area (Å²) in [4.78, 5) is 15.2. The molecule has 1 aliphatic heterocycles. The van der Waals surface area contributed by atoms with Crippen molar-refractivity contribution in [3.05, 3.63) is 78.4 Å². The van der Waals surface area contributed by atoms with Crippen molar-refractivity contribution in [3.8, 4) is 28.6 Å². The predicted octanol–water partition coefficient (Wildman–Crippen LogP) is 5.02. The van der Waals surface area contributed by atoms with Gasteiger partial charge in [0.15, 0.2) is 11.0 Å². The number of para-hydroxylation sites is 1. The SMILES string of the molecule is COc1ccc(-c2nnc(SCC(=O)N3c4ccccc4C[C@H]3C)n2-c2ccc(OC)cc2)cc1. The third-order valence-corrected chi connectivity index (χ3v) is 7.03. The Morgan fingerprint density at radius 3 is 2.29 bits per heavy atom. The van der Waals surface area contributed by atoms with Crippen molar-refractivity contribution in [2.24, 2.45) is 0 Å². The maximum absolute atomic E-state index is 13.3. The maximum atomic E-state index is 13.3. The fourth-order valence-corrected chi connectivity index (χ4v) is 5.21. The second kappa shape index (κ2) is 9.84. The molecule has 1 aliphatic rings. The second-order valence-electron chi connectivity index (χ2n) is 8.30. The number of thioether (sulfide) groups is 1. The molecule has 3 aromatic carbocycles. The van der Waals surface area contributed by atoms with Gasteiger partial charge in [0.2, 0.25) is 5.91 Å². The average Bonchev–Trinajstić information content (AvgIpc) is 3.47. The Morgan fingerprint density at radius 2 is 1.60 bits per heavy atom. The quantitative estimate of drug-likeness (QED) is 0.342. The van der Waals surface area contributed by atoms with Crippen LogP contribution in [0.5, 0.6) is 11.5 Å². The molecule has 0 fully saturated rings. The summed E-state index contributed by atoms with van der Waals surface area (Å²) in [5.74, 6) is 2.54. The van der Waals surface area contributed by atoms with Crippen molar-refractivity contribution in [1.82, 2.24) is 14.8 Å². The van der Waals surface area contributed by atoms with Gasteiger partial charge in [-0.3, -0.25) is 9.36 Å². The molecule has 1 atom stereocenters. The van der Waals surface area contributed by atoms with Crippen molar-refractivity contribution in [1.29, 1.82) is 0 Å². The lowest BCUT2D eigenvalue weighted by molar-refractivity contribution is -0.116. The van der Waals surface area contributed by atoms with E-state index in [2.05, 4.69) is 23.2 Å². The van der Waals surface area contributed by atoms with Gasteiger partial charge in [0.05, 0.1) is 20.0 Å². The van der Waals surface area contributed by atoms with Crippen molar-refractivity contribution >= 4 is 23.4 Å². The number of aromatic nitrogens is 3. The van der Waals surface area contributed by atoms with Crippen LogP contribution in [-0.4, -0.2) is 46.7 Å². The molecule has 0 radical (unpaired) electrons. The van der Waals surface area contributed by atoms with Crippen molar-refractivity contribution in [2.75, 3.05) is 24.9 Å². The summed E-state index contributed by atoms with van der Waals surface area (Å²) < 4.78 is 12.6.